The fourth-order valence-corrected chi connectivity index (χ4v) is 14.2. The summed E-state index contributed by atoms with van der Waals surface area (Å²) in [5, 5.41) is 3.59. The minimum atomic E-state index is -0.249. The van der Waals surface area contributed by atoms with E-state index in [2.05, 4.69) is 256 Å². The normalized spacial score (nSPS) is 16.5. The quantitative estimate of drug-likeness (QED) is 0.164. The number of furan rings is 1. The highest BCUT2D eigenvalue weighted by atomic mass is 16.3. The smallest absolute Gasteiger partial charge is 0.336 e. The van der Waals surface area contributed by atoms with Gasteiger partial charge in [0.1, 0.15) is 5.58 Å². The number of aromatic nitrogens is 1. The fraction of sp³-hybridized carbons (Fsp3) is 0.286. The van der Waals surface area contributed by atoms with Crippen LogP contribution in [-0.2, 0) is 27.1 Å². The van der Waals surface area contributed by atoms with Crippen molar-refractivity contribution in [2.45, 2.75) is 130 Å². The van der Waals surface area contributed by atoms with Gasteiger partial charge in [-0.05, 0) is 163 Å². The Kier molecular flexibility index (Phi) is 9.39. The van der Waals surface area contributed by atoms with E-state index in [-0.39, 0.29) is 33.9 Å². The topological polar surface area (TPSA) is 24.6 Å². The summed E-state index contributed by atoms with van der Waals surface area (Å²) in [6.07, 6.45) is 2.31. The molecule has 0 fully saturated rings. The molecule has 75 heavy (non-hydrogen) atoms. The van der Waals surface area contributed by atoms with Crippen LogP contribution in [-0.4, -0.2) is 11.3 Å². The van der Waals surface area contributed by atoms with Crippen LogP contribution >= 0.6 is 0 Å². The molecule has 0 bridgehead atoms. The standard InChI is InChI=1S/C70H68BN3O/c1-41-37-53-54(69(10,11)36-35-68(53,8)9)40-56(41)73-57-38-46(72(44-29-25-42(26-30-44)66(2,3)4)45-31-27-43(28-32-45)67(5,6)7)33-34-55(57)71-63-58(73)39-51-47-19-14-16-23-52(47)70(12,13)62(51)61(63)50-22-18-21-49-60-48-20-15-17-24-59(48)75-65(60)74(71)64(49)50/h14-34,37-40H,35-36H2,1-13H3. The van der Waals surface area contributed by atoms with Crippen LogP contribution in [0.2, 0.25) is 0 Å². The second kappa shape index (κ2) is 15.2. The summed E-state index contributed by atoms with van der Waals surface area (Å²) in [6.45, 7) is 30.7. The molecule has 2 aromatic heterocycles. The number of anilines is 6. The van der Waals surface area contributed by atoms with Crippen LogP contribution in [0.4, 0.5) is 34.1 Å². The lowest BCUT2D eigenvalue weighted by Gasteiger charge is -2.45. The van der Waals surface area contributed by atoms with Crippen molar-refractivity contribution in [2.24, 2.45) is 0 Å². The predicted octanol–water partition coefficient (Wildman–Crippen LogP) is 18.0. The first-order valence-corrected chi connectivity index (χ1v) is 27.5. The summed E-state index contributed by atoms with van der Waals surface area (Å²) < 4.78 is 9.78. The lowest BCUT2D eigenvalue weighted by atomic mass is 9.44. The minimum Gasteiger partial charge on any atom is -0.441 e. The van der Waals surface area contributed by atoms with Crippen molar-refractivity contribution < 1.29 is 4.42 Å². The maximum absolute atomic E-state index is 7.18. The number of nitrogens with zero attached hydrogens (tertiary/aromatic N) is 3. The molecule has 8 aromatic carbocycles. The van der Waals surface area contributed by atoms with Gasteiger partial charge in [0.05, 0.1) is 5.39 Å². The van der Waals surface area contributed by atoms with Gasteiger partial charge in [-0.2, -0.15) is 0 Å². The van der Waals surface area contributed by atoms with Gasteiger partial charge in [-0.1, -0.05) is 180 Å². The van der Waals surface area contributed by atoms with Gasteiger partial charge in [-0.3, -0.25) is 0 Å². The zero-order chi connectivity index (χ0) is 52.0. The highest BCUT2D eigenvalue weighted by Gasteiger charge is 2.50. The lowest BCUT2D eigenvalue weighted by molar-refractivity contribution is 0.332. The third-order valence-electron chi connectivity index (χ3n) is 18.4. The zero-order valence-corrected chi connectivity index (χ0v) is 46.2. The molecule has 4 heterocycles. The lowest BCUT2D eigenvalue weighted by Crippen LogP contribution is -2.57. The highest BCUT2D eigenvalue weighted by Crippen LogP contribution is 2.58. The molecular weight excluding hydrogens is 910 g/mol. The van der Waals surface area contributed by atoms with Gasteiger partial charge in [0.2, 0.25) is 0 Å². The molecule has 0 unspecified atom stereocenters. The number of hydrogen-bond donors (Lipinski definition) is 0. The van der Waals surface area contributed by atoms with Crippen molar-refractivity contribution in [1.29, 1.82) is 0 Å². The number of rotatable bonds is 4. The molecule has 0 N–H and O–H groups in total. The number of hydrogen-bond acceptors (Lipinski definition) is 3. The van der Waals surface area contributed by atoms with Crippen molar-refractivity contribution in [2.75, 3.05) is 9.80 Å². The van der Waals surface area contributed by atoms with Crippen LogP contribution < -0.4 is 20.7 Å². The van der Waals surface area contributed by atoms with E-state index in [9.17, 15) is 0 Å². The van der Waals surface area contributed by atoms with Gasteiger partial charge in [-0.15, -0.1) is 0 Å². The van der Waals surface area contributed by atoms with E-state index in [0.717, 1.165) is 40.2 Å². The van der Waals surface area contributed by atoms with Crippen LogP contribution in [0, 0.1) is 6.92 Å². The maximum atomic E-state index is 7.18. The Hall–Kier alpha value is -7.24. The van der Waals surface area contributed by atoms with Crippen LogP contribution in [0.5, 0.6) is 0 Å². The Bertz CT molecular complexity index is 4010. The molecule has 0 spiro atoms. The summed E-state index contributed by atoms with van der Waals surface area (Å²) in [5.41, 5.74) is 27.6. The van der Waals surface area contributed by atoms with Gasteiger partial charge in [0, 0.05) is 61.4 Å². The average molecular weight is 978 g/mol. The Morgan fingerprint density at radius 2 is 1.12 bits per heavy atom. The van der Waals surface area contributed by atoms with E-state index in [4.69, 9.17) is 4.42 Å². The van der Waals surface area contributed by atoms with Crippen molar-refractivity contribution in [1.82, 2.24) is 4.48 Å². The molecule has 0 radical (unpaired) electrons. The number of benzene rings is 8. The van der Waals surface area contributed by atoms with E-state index in [0.29, 0.717) is 0 Å². The van der Waals surface area contributed by atoms with Gasteiger partial charge in [0.15, 0.2) is 5.71 Å². The van der Waals surface area contributed by atoms with Gasteiger partial charge < -0.3 is 18.7 Å². The summed E-state index contributed by atoms with van der Waals surface area (Å²) in [7, 11) is 0. The first-order chi connectivity index (χ1) is 35.6. The monoisotopic (exact) mass is 978 g/mol. The summed E-state index contributed by atoms with van der Waals surface area (Å²) in [5.74, 6) is 0. The molecule has 0 atom stereocenters. The minimum absolute atomic E-state index is 0.00838. The third-order valence-corrected chi connectivity index (χ3v) is 18.4. The van der Waals surface area contributed by atoms with Crippen LogP contribution in [0.25, 0.3) is 55.2 Å². The zero-order valence-electron chi connectivity index (χ0n) is 46.2. The molecule has 14 rings (SSSR count). The molecule has 0 saturated heterocycles. The Balaban J connectivity index is 1.13. The van der Waals surface area contributed by atoms with Crippen molar-refractivity contribution in [3.8, 4) is 22.3 Å². The molecule has 4 aliphatic rings. The molecule has 0 amide bonds. The molecule has 2 aliphatic heterocycles. The van der Waals surface area contributed by atoms with Gasteiger partial charge >= 0.3 is 6.85 Å². The Morgan fingerprint density at radius 3 is 1.79 bits per heavy atom. The fourth-order valence-electron chi connectivity index (χ4n) is 14.2. The van der Waals surface area contributed by atoms with Crippen LogP contribution in [0.1, 0.15) is 135 Å². The van der Waals surface area contributed by atoms with E-state index in [1.807, 2.05) is 0 Å². The third kappa shape index (κ3) is 6.43. The number of fused-ring (bicyclic) bond motifs is 14. The molecule has 10 aromatic rings. The van der Waals surface area contributed by atoms with Gasteiger partial charge in [-0.25, -0.2) is 0 Å². The summed E-state index contributed by atoms with van der Waals surface area (Å²) in [6, 6.07) is 58.6. The predicted molar refractivity (Wildman–Crippen MR) is 319 cm³/mol. The number of aryl methyl sites for hydroxylation is 1. The molecule has 0 saturated carbocycles. The molecular formula is C70H68BN3O. The van der Waals surface area contributed by atoms with Gasteiger partial charge in [0.25, 0.3) is 0 Å². The van der Waals surface area contributed by atoms with E-state index in [1.165, 1.54) is 112 Å². The highest BCUT2D eigenvalue weighted by molar-refractivity contribution is 6.90. The largest absolute Gasteiger partial charge is 0.441 e. The first kappa shape index (κ1) is 46.3. The van der Waals surface area contributed by atoms with Crippen LogP contribution in [0.3, 0.4) is 0 Å². The van der Waals surface area contributed by atoms with E-state index >= 15 is 0 Å². The molecule has 5 heteroatoms. The average Bonchev–Trinajstić information content (AvgIpc) is 4.22. The number of para-hydroxylation sites is 2. The summed E-state index contributed by atoms with van der Waals surface area (Å²) in [4.78, 5) is 5.18. The van der Waals surface area contributed by atoms with E-state index in [1.54, 1.807) is 0 Å². The van der Waals surface area contributed by atoms with Crippen molar-refractivity contribution in [3.63, 3.8) is 0 Å². The Labute approximate surface area is 444 Å². The summed E-state index contributed by atoms with van der Waals surface area (Å²) >= 11 is 0. The SMILES string of the molecule is Cc1cc2c(cc1N1c3cc(N(c4ccc(C(C)(C)C)cc4)c4ccc(C(C)(C)C)cc4)ccc3B3c4c1cc1c(c4-c4cccc5c6c7ccccc7oc6n3c45)C(C)(C)c3ccccc3-1)C(C)(C)CCC2(C)C. The maximum Gasteiger partial charge on any atom is 0.336 e. The van der Waals surface area contributed by atoms with Crippen LogP contribution in [0.15, 0.2) is 156 Å². The second-order valence-electron chi connectivity index (χ2n) is 26.5. The first-order valence-electron chi connectivity index (χ1n) is 27.5. The molecule has 4 nitrogen and oxygen atoms in total. The molecule has 372 valence electrons. The Morgan fingerprint density at radius 1 is 0.533 bits per heavy atom. The van der Waals surface area contributed by atoms with Crippen molar-refractivity contribution in [3.05, 3.63) is 191 Å². The molecule has 2 aliphatic carbocycles. The van der Waals surface area contributed by atoms with Crippen molar-refractivity contribution >= 4 is 84.9 Å². The second-order valence-corrected chi connectivity index (χ2v) is 26.5. The van der Waals surface area contributed by atoms with E-state index < -0.39 is 0 Å².